The molecule has 0 N–H and O–H groups in total. The highest BCUT2D eigenvalue weighted by Gasteiger charge is 2.40. The summed E-state index contributed by atoms with van der Waals surface area (Å²) in [7, 11) is 0. The Hall–Kier alpha value is -3.53. The van der Waals surface area contributed by atoms with Gasteiger partial charge < -0.3 is 4.90 Å². The number of nitrogens with zero attached hydrogens (tertiary/aromatic N) is 5. The van der Waals surface area contributed by atoms with Gasteiger partial charge in [0.1, 0.15) is 0 Å². The number of aromatic nitrogens is 2. The zero-order valence-electron chi connectivity index (χ0n) is 13.0. The minimum atomic E-state index is -0.974. The van der Waals surface area contributed by atoms with Gasteiger partial charge in [-0.1, -0.05) is 24.3 Å². The van der Waals surface area contributed by atoms with E-state index in [0.717, 1.165) is 10.8 Å². The normalized spacial score (nSPS) is 17.1. The van der Waals surface area contributed by atoms with Crippen molar-refractivity contribution in [1.82, 2.24) is 9.97 Å². The van der Waals surface area contributed by atoms with E-state index in [4.69, 9.17) is 0 Å². The molecule has 1 aliphatic rings. The van der Waals surface area contributed by atoms with E-state index in [1.165, 1.54) is 23.2 Å². The molecule has 7 heteroatoms. The molecule has 1 amide bonds. The number of carbonyl (C=O) groups excluding carboxylic acids is 1. The molecule has 0 spiro atoms. The Labute approximate surface area is 142 Å². The number of hydrogen-bond acceptors (Lipinski definition) is 5. The second-order valence-corrected chi connectivity index (χ2v) is 5.63. The molecule has 1 aromatic carbocycles. The van der Waals surface area contributed by atoms with Crippen LogP contribution in [0.2, 0.25) is 0 Å². The summed E-state index contributed by atoms with van der Waals surface area (Å²) in [5.41, 5.74) is 1.15. The summed E-state index contributed by atoms with van der Waals surface area (Å²) in [5.74, 6) is -0.994. The van der Waals surface area contributed by atoms with Crippen molar-refractivity contribution >= 4 is 28.1 Å². The molecule has 2 aromatic heterocycles. The average Bonchev–Trinajstić information content (AvgIpc) is 2.98. The standard InChI is InChI=1S/C18H12FN5O/c19-17-6-5-13(9-22-17)23-11-24(15(7-20)18(23)25)16-10-21-8-12-3-1-2-4-14(12)16/h1-6,8-10,15H,11H2/t15-/m1/s1. The van der Waals surface area contributed by atoms with Gasteiger partial charge in [0, 0.05) is 17.0 Å². The monoisotopic (exact) mass is 333 g/mol. The summed E-state index contributed by atoms with van der Waals surface area (Å²) in [5, 5.41) is 11.3. The van der Waals surface area contributed by atoms with Crippen molar-refractivity contribution in [3.05, 3.63) is 60.9 Å². The number of pyridine rings is 2. The zero-order chi connectivity index (χ0) is 17.4. The highest BCUT2D eigenvalue weighted by molar-refractivity contribution is 6.06. The van der Waals surface area contributed by atoms with Gasteiger partial charge in [0.15, 0.2) is 6.04 Å². The Bertz CT molecular complexity index is 993. The number of hydrogen-bond donors (Lipinski definition) is 0. The van der Waals surface area contributed by atoms with E-state index in [1.807, 2.05) is 24.3 Å². The first-order valence-corrected chi connectivity index (χ1v) is 7.61. The molecule has 4 rings (SSSR count). The molecule has 0 aliphatic carbocycles. The Morgan fingerprint density at radius 1 is 1.16 bits per heavy atom. The fraction of sp³-hybridized carbons (Fsp3) is 0.111. The third-order valence-electron chi connectivity index (χ3n) is 4.21. The van der Waals surface area contributed by atoms with Crippen molar-refractivity contribution in [2.75, 3.05) is 16.5 Å². The molecule has 1 fully saturated rings. The van der Waals surface area contributed by atoms with Gasteiger partial charge in [0.2, 0.25) is 5.95 Å². The highest BCUT2D eigenvalue weighted by Crippen LogP contribution is 2.32. The smallest absolute Gasteiger partial charge is 0.266 e. The van der Waals surface area contributed by atoms with Gasteiger partial charge in [0.25, 0.3) is 5.91 Å². The third-order valence-corrected chi connectivity index (χ3v) is 4.21. The van der Waals surface area contributed by atoms with Crippen molar-refractivity contribution in [2.24, 2.45) is 0 Å². The first kappa shape index (κ1) is 15.0. The van der Waals surface area contributed by atoms with Crippen LogP contribution in [0.3, 0.4) is 0 Å². The molecule has 6 nitrogen and oxygen atoms in total. The summed E-state index contributed by atoms with van der Waals surface area (Å²) in [4.78, 5) is 23.6. The molecular weight excluding hydrogens is 321 g/mol. The number of carbonyl (C=O) groups is 1. The minimum Gasteiger partial charge on any atom is -0.328 e. The van der Waals surface area contributed by atoms with Gasteiger partial charge in [-0.25, -0.2) is 4.98 Å². The predicted octanol–water partition coefficient (Wildman–Crippen LogP) is 2.47. The summed E-state index contributed by atoms with van der Waals surface area (Å²) < 4.78 is 13.0. The number of amides is 1. The molecule has 3 aromatic rings. The molecule has 1 atom stereocenters. The predicted molar refractivity (Wildman–Crippen MR) is 90.2 cm³/mol. The Morgan fingerprint density at radius 2 is 2.00 bits per heavy atom. The molecule has 0 bridgehead atoms. The number of benzene rings is 1. The minimum absolute atomic E-state index is 0.167. The summed E-state index contributed by atoms with van der Waals surface area (Å²) in [6.45, 7) is 0.167. The number of nitriles is 1. The van der Waals surface area contributed by atoms with E-state index in [1.54, 1.807) is 17.3 Å². The average molecular weight is 333 g/mol. The largest absolute Gasteiger partial charge is 0.328 e. The first-order chi connectivity index (χ1) is 12.2. The Balaban J connectivity index is 1.78. The lowest BCUT2D eigenvalue weighted by atomic mass is 10.1. The molecule has 25 heavy (non-hydrogen) atoms. The first-order valence-electron chi connectivity index (χ1n) is 7.61. The van der Waals surface area contributed by atoms with E-state index in [2.05, 4.69) is 16.0 Å². The number of halogens is 1. The van der Waals surface area contributed by atoms with Crippen molar-refractivity contribution in [3.8, 4) is 6.07 Å². The van der Waals surface area contributed by atoms with Crippen LogP contribution >= 0.6 is 0 Å². The zero-order valence-corrected chi connectivity index (χ0v) is 13.0. The van der Waals surface area contributed by atoms with Crippen molar-refractivity contribution in [1.29, 1.82) is 5.26 Å². The SMILES string of the molecule is N#C[C@@H]1C(=O)N(c2ccc(F)nc2)CN1c1cncc2ccccc12. The van der Waals surface area contributed by atoms with Crippen molar-refractivity contribution in [3.63, 3.8) is 0 Å². The fourth-order valence-electron chi connectivity index (χ4n) is 2.99. The highest BCUT2D eigenvalue weighted by atomic mass is 19.1. The van der Waals surface area contributed by atoms with Crippen LogP contribution in [0, 0.1) is 17.3 Å². The lowest BCUT2D eigenvalue weighted by molar-refractivity contribution is -0.117. The molecular formula is C18H12FN5O. The topological polar surface area (TPSA) is 73.1 Å². The number of anilines is 2. The maximum atomic E-state index is 13.0. The van der Waals surface area contributed by atoms with Crippen LogP contribution in [0.4, 0.5) is 15.8 Å². The molecule has 1 aliphatic heterocycles. The van der Waals surface area contributed by atoms with Gasteiger partial charge >= 0.3 is 0 Å². The van der Waals surface area contributed by atoms with E-state index in [-0.39, 0.29) is 12.6 Å². The lowest BCUT2D eigenvalue weighted by Crippen LogP contribution is -2.32. The lowest BCUT2D eigenvalue weighted by Gasteiger charge is -2.21. The van der Waals surface area contributed by atoms with E-state index >= 15 is 0 Å². The van der Waals surface area contributed by atoms with Crippen LogP contribution in [-0.2, 0) is 4.79 Å². The maximum Gasteiger partial charge on any atom is 0.266 e. The van der Waals surface area contributed by atoms with Crippen LogP contribution in [-0.4, -0.2) is 28.6 Å². The maximum absolute atomic E-state index is 13.0. The van der Waals surface area contributed by atoms with Gasteiger partial charge in [-0.2, -0.15) is 9.65 Å². The molecule has 1 saturated heterocycles. The van der Waals surface area contributed by atoms with Crippen LogP contribution in [0.15, 0.2) is 55.0 Å². The second kappa shape index (κ2) is 5.83. The van der Waals surface area contributed by atoms with Gasteiger partial charge in [-0.3, -0.25) is 14.7 Å². The number of rotatable bonds is 2. The quantitative estimate of drug-likeness (QED) is 0.674. The van der Waals surface area contributed by atoms with E-state index in [9.17, 15) is 14.4 Å². The van der Waals surface area contributed by atoms with Gasteiger partial charge in [-0.05, 0) is 12.1 Å². The summed E-state index contributed by atoms with van der Waals surface area (Å²) >= 11 is 0. The van der Waals surface area contributed by atoms with Crippen LogP contribution in [0.25, 0.3) is 10.8 Å². The molecule has 0 radical (unpaired) electrons. The molecule has 3 heterocycles. The second-order valence-electron chi connectivity index (χ2n) is 5.63. The summed E-state index contributed by atoms with van der Waals surface area (Å²) in [6, 6.07) is 11.4. The Morgan fingerprint density at radius 3 is 2.76 bits per heavy atom. The summed E-state index contributed by atoms with van der Waals surface area (Å²) in [6.07, 6.45) is 4.67. The number of fused-ring (bicyclic) bond motifs is 1. The molecule has 122 valence electrons. The fourth-order valence-corrected chi connectivity index (χ4v) is 2.99. The van der Waals surface area contributed by atoms with Crippen molar-refractivity contribution in [2.45, 2.75) is 6.04 Å². The van der Waals surface area contributed by atoms with E-state index in [0.29, 0.717) is 11.4 Å². The van der Waals surface area contributed by atoms with Crippen LogP contribution in [0.5, 0.6) is 0 Å². The third kappa shape index (κ3) is 2.44. The molecule has 0 unspecified atom stereocenters. The van der Waals surface area contributed by atoms with Gasteiger partial charge in [0.05, 0.1) is 36.5 Å². The van der Waals surface area contributed by atoms with Crippen LogP contribution < -0.4 is 9.80 Å². The van der Waals surface area contributed by atoms with E-state index < -0.39 is 12.0 Å². The van der Waals surface area contributed by atoms with Crippen LogP contribution in [0.1, 0.15) is 0 Å². The van der Waals surface area contributed by atoms with Crippen molar-refractivity contribution < 1.29 is 9.18 Å². The molecule has 0 saturated carbocycles. The Kier molecular flexibility index (Phi) is 3.51. The van der Waals surface area contributed by atoms with Gasteiger partial charge in [-0.15, -0.1) is 0 Å².